The van der Waals surface area contributed by atoms with Gasteiger partial charge in [0.2, 0.25) is 0 Å². The van der Waals surface area contributed by atoms with Crippen LogP contribution in [0.3, 0.4) is 0 Å². The summed E-state index contributed by atoms with van der Waals surface area (Å²) in [5.74, 6) is 0.922. The van der Waals surface area contributed by atoms with E-state index in [9.17, 15) is 4.79 Å². The predicted octanol–water partition coefficient (Wildman–Crippen LogP) is 2.69. The van der Waals surface area contributed by atoms with Gasteiger partial charge in [0.1, 0.15) is 0 Å². The Bertz CT molecular complexity index is 509. The van der Waals surface area contributed by atoms with E-state index in [0.29, 0.717) is 6.54 Å². The first-order valence-electron chi connectivity index (χ1n) is 6.90. The van der Waals surface area contributed by atoms with Crippen molar-refractivity contribution in [2.45, 2.75) is 11.4 Å². The summed E-state index contributed by atoms with van der Waals surface area (Å²) in [6, 6.07) is 6.10. The molecule has 0 spiro atoms. The smallest absolute Gasteiger partial charge is 0.320 e. The quantitative estimate of drug-likeness (QED) is 0.783. The van der Waals surface area contributed by atoms with Crippen LogP contribution in [0.2, 0.25) is 5.02 Å². The molecule has 0 radical (unpaired) electrons. The van der Waals surface area contributed by atoms with Crippen molar-refractivity contribution in [2.75, 3.05) is 38.5 Å². The highest BCUT2D eigenvalue weighted by molar-refractivity contribution is 7.99. The number of halogens is 2. The summed E-state index contributed by atoms with van der Waals surface area (Å²) in [7, 11) is 0. The summed E-state index contributed by atoms with van der Waals surface area (Å²) in [6.07, 6.45) is 0. The fourth-order valence-electron chi connectivity index (χ4n) is 2.58. The molecular formula is C14H19Cl2N3OS. The van der Waals surface area contributed by atoms with E-state index >= 15 is 0 Å². The molecule has 1 fully saturated rings. The molecule has 1 N–H and O–H groups in total. The lowest BCUT2D eigenvalue weighted by molar-refractivity contribution is 0.147. The molecule has 0 aromatic heterocycles. The molecule has 2 heterocycles. The minimum atomic E-state index is 0. The van der Waals surface area contributed by atoms with Gasteiger partial charge < -0.3 is 15.1 Å². The number of urea groups is 1. The van der Waals surface area contributed by atoms with E-state index in [1.54, 1.807) is 11.8 Å². The van der Waals surface area contributed by atoms with E-state index in [1.165, 1.54) is 4.90 Å². The molecule has 2 amide bonds. The van der Waals surface area contributed by atoms with E-state index in [0.717, 1.165) is 49.1 Å². The van der Waals surface area contributed by atoms with Gasteiger partial charge in [0, 0.05) is 54.0 Å². The zero-order valence-electron chi connectivity index (χ0n) is 11.7. The number of benzene rings is 1. The first-order valence-corrected chi connectivity index (χ1v) is 8.27. The van der Waals surface area contributed by atoms with Crippen molar-refractivity contribution in [3.8, 4) is 0 Å². The van der Waals surface area contributed by atoms with Gasteiger partial charge in [-0.05, 0) is 12.1 Å². The van der Waals surface area contributed by atoms with Crippen LogP contribution in [-0.2, 0) is 6.54 Å². The van der Waals surface area contributed by atoms with Crippen LogP contribution < -0.4 is 5.32 Å². The van der Waals surface area contributed by atoms with Crippen LogP contribution in [0.4, 0.5) is 4.79 Å². The lowest BCUT2D eigenvalue weighted by Crippen LogP contribution is -2.51. The van der Waals surface area contributed by atoms with E-state index in [1.807, 2.05) is 21.9 Å². The summed E-state index contributed by atoms with van der Waals surface area (Å²) < 4.78 is 0. The van der Waals surface area contributed by atoms with Crippen LogP contribution >= 0.6 is 35.8 Å². The Morgan fingerprint density at radius 2 is 1.95 bits per heavy atom. The topological polar surface area (TPSA) is 35.6 Å². The van der Waals surface area contributed by atoms with E-state index in [2.05, 4.69) is 11.4 Å². The average molecular weight is 348 g/mol. The van der Waals surface area contributed by atoms with Gasteiger partial charge in [0.15, 0.2) is 0 Å². The summed E-state index contributed by atoms with van der Waals surface area (Å²) in [6.45, 7) is 4.73. The highest BCUT2D eigenvalue weighted by atomic mass is 35.5. The summed E-state index contributed by atoms with van der Waals surface area (Å²) in [5, 5.41) is 4.03. The zero-order valence-corrected chi connectivity index (χ0v) is 14.1. The van der Waals surface area contributed by atoms with Crippen LogP contribution in [-0.4, -0.2) is 54.3 Å². The Hall–Kier alpha value is -0.620. The lowest BCUT2D eigenvalue weighted by atomic mass is 10.2. The number of piperazine rings is 1. The largest absolute Gasteiger partial charge is 0.322 e. The molecule has 2 aliphatic rings. The van der Waals surface area contributed by atoms with Crippen molar-refractivity contribution in [2.24, 2.45) is 0 Å². The average Bonchev–Trinajstić information content (AvgIpc) is 2.71. The van der Waals surface area contributed by atoms with Gasteiger partial charge in [0.05, 0.1) is 6.54 Å². The van der Waals surface area contributed by atoms with Gasteiger partial charge >= 0.3 is 6.03 Å². The number of amides is 2. The highest BCUT2D eigenvalue weighted by Gasteiger charge is 2.25. The van der Waals surface area contributed by atoms with Crippen LogP contribution in [0.1, 0.15) is 5.56 Å². The van der Waals surface area contributed by atoms with Gasteiger partial charge in [-0.25, -0.2) is 4.79 Å². The fraction of sp³-hybridized carbons (Fsp3) is 0.500. The highest BCUT2D eigenvalue weighted by Crippen LogP contribution is 2.32. The van der Waals surface area contributed by atoms with Gasteiger partial charge in [0.25, 0.3) is 0 Å². The number of nitrogens with one attached hydrogen (secondary N) is 1. The summed E-state index contributed by atoms with van der Waals surface area (Å²) in [5.41, 5.74) is 1.08. The van der Waals surface area contributed by atoms with E-state index < -0.39 is 0 Å². The maximum absolute atomic E-state index is 12.6. The SMILES string of the molecule is Cl.O=C(N1CCNCC1)N1CCSc2cccc(Cl)c2C1. The molecule has 3 rings (SSSR count). The second-order valence-electron chi connectivity index (χ2n) is 5.01. The number of carbonyl (C=O) groups excluding carboxylic acids is 1. The van der Waals surface area contributed by atoms with E-state index in [-0.39, 0.29) is 18.4 Å². The Morgan fingerprint density at radius 1 is 1.19 bits per heavy atom. The van der Waals surface area contributed by atoms with Crippen LogP contribution in [0.25, 0.3) is 0 Å². The molecule has 1 aromatic carbocycles. The summed E-state index contributed by atoms with van der Waals surface area (Å²) >= 11 is 8.08. The third-order valence-corrected chi connectivity index (χ3v) is 5.14. The van der Waals surface area contributed by atoms with Gasteiger partial charge in [-0.1, -0.05) is 17.7 Å². The minimum Gasteiger partial charge on any atom is -0.322 e. The normalized spacial score (nSPS) is 18.5. The summed E-state index contributed by atoms with van der Waals surface area (Å²) in [4.78, 5) is 17.7. The zero-order chi connectivity index (χ0) is 13.9. The molecule has 116 valence electrons. The third-order valence-electron chi connectivity index (χ3n) is 3.70. The number of carbonyl (C=O) groups is 1. The van der Waals surface area contributed by atoms with Crippen molar-refractivity contribution >= 4 is 41.8 Å². The van der Waals surface area contributed by atoms with Gasteiger partial charge in [-0.2, -0.15) is 0 Å². The van der Waals surface area contributed by atoms with Crippen LogP contribution in [0.5, 0.6) is 0 Å². The fourth-order valence-corrected chi connectivity index (χ4v) is 3.93. The molecular weight excluding hydrogens is 329 g/mol. The minimum absolute atomic E-state index is 0. The first kappa shape index (κ1) is 16.7. The molecule has 0 unspecified atom stereocenters. The molecule has 0 atom stereocenters. The molecule has 2 aliphatic heterocycles. The molecule has 0 aliphatic carbocycles. The number of rotatable bonds is 0. The molecule has 1 aromatic rings. The monoisotopic (exact) mass is 347 g/mol. The second kappa shape index (κ2) is 7.58. The number of hydrogen-bond acceptors (Lipinski definition) is 3. The number of hydrogen-bond donors (Lipinski definition) is 1. The van der Waals surface area contributed by atoms with Gasteiger partial charge in [-0.15, -0.1) is 24.2 Å². The van der Waals surface area contributed by atoms with Crippen molar-refractivity contribution in [3.05, 3.63) is 28.8 Å². The second-order valence-corrected chi connectivity index (χ2v) is 6.55. The molecule has 21 heavy (non-hydrogen) atoms. The molecule has 0 saturated carbocycles. The van der Waals surface area contributed by atoms with Crippen LogP contribution in [0.15, 0.2) is 23.1 Å². The maximum atomic E-state index is 12.6. The Morgan fingerprint density at radius 3 is 2.71 bits per heavy atom. The predicted molar refractivity (Wildman–Crippen MR) is 89.7 cm³/mol. The standard InChI is InChI=1S/C14H18ClN3OS.ClH/c15-12-2-1-3-13-11(12)10-18(8-9-20-13)14(19)17-6-4-16-5-7-17;/h1-3,16H,4-10H2;1H. The van der Waals surface area contributed by atoms with Crippen LogP contribution in [0, 0.1) is 0 Å². The Balaban J connectivity index is 0.00000161. The Kier molecular flexibility index (Phi) is 6.05. The number of thioether (sulfide) groups is 1. The van der Waals surface area contributed by atoms with Gasteiger partial charge in [-0.3, -0.25) is 0 Å². The van der Waals surface area contributed by atoms with Crippen molar-refractivity contribution in [1.29, 1.82) is 0 Å². The Labute approximate surface area is 140 Å². The molecule has 4 nitrogen and oxygen atoms in total. The van der Waals surface area contributed by atoms with Crippen molar-refractivity contribution in [3.63, 3.8) is 0 Å². The van der Waals surface area contributed by atoms with Crippen molar-refractivity contribution in [1.82, 2.24) is 15.1 Å². The molecule has 0 bridgehead atoms. The maximum Gasteiger partial charge on any atom is 0.320 e. The van der Waals surface area contributed by atoms with E-state index in [4.69, 9.17) is 11.6 Å². The number of nitrogens with zero attached hydrogens (tertiary/aromatic N) is 2. The third kappa shape index (κ3) is 3.77. The first-order chi connectivity index (χ1) is 9.75. The molecule has 7 heteroatoms. The molecule has 1 saturated heterocycles. The number of fused-ring (bicyclic) bond motifs is 1. The lowest BCUT2D eigenvalue weighted by Gasteiger charge is -2.32. The van der Waals surface area contributed by atoms with Crippen molar-refractivity contribution < 1.29 is 4.79 Å².